The quantitative estimate of drug-likeness (QED) is 0.572. The average Bonchev–Trinajstić information content (AvgIpc) is 2.29. The van der Waals surface area contributed by atoms with Crippen LogP contribution >= 0.6 is 0 Å². The molecule has 0 saturated heterocycles. The first-order valence-electron chi connectivity index (χ1n) is 6.24. The van der Waals surface area contributed by atoms with Gasteiger partial charge in [0, 0.05) is 5.70 Å². The molecule has 0 spiro atoms. The van der Waals surface area contributed by atoms with Crippen LogP contribution in [0.2, 0.25) is 0 Å². The third-order valence-corrected chi connectivity index (χ3v) is 2.37. The third-order valence-electron chi connectivity index (χ3n) is 2.37. The van der Waals surface area contributed by atoms with E-state index in [0.717, 1.165) is 18.5 Å². The predicted octanol–water partition coefficient (Wildman–Crippen LogP) is 1.77. The number of hydrogen-bond acceptors (Lipinski definition) is 3. The molecule has 0 aliphatic carbocycles. The number of allylic oxidation sites excluding steroid dienone is 1. The first-order valence-corrected chi connectivity index (χ1v) is 6.24. The molecule has 0 unspecified atom stereocenters. The Morgan fingerprint density at radius 1 is 1.06 bits per heavy atom. The summed E-state index contributed by atoms with van der Waals surface area (Å²) in [5, 5.41) is 5.49. The standard InChI is InChI=1S/C13H24N2O2/c1-4-5-6-7-8-11(2)14-10-13(17)15-9-12(3)16/h14H,2,4-10H2,1,3H3,(H,15,17). The number of rotatable bonds is 10. The van der Waals surface area contributed by atoms with Gasteiger partial charge in [-0.25, -0.2) is 0 Å². The molecule has 0 aliphatic rings. The van der Waals surface area contributed by atoms with Crippen LogP contribution in [0.4, 0.5) is 0 Å². The lowest BCUT2D eigenvalue weighted by atomic mass is 10.1. The average molecular weight is 240 g/mol. The number of hydrogen-bond donors (Lipinski definition) is 2. The second-order valence-corrected chi connectivity index (χ2v) is 4.25. The zero-order valence-corrected chi connectivity index (χ0v) is 11.0. The summed E-state index contributed by atoms with van der Waals surface area (Å²) in [6, 6.07) is 0. The Balaban J connectivity index is 3.49. The van der Waals surface area contributed by atoms with E-state index < -0.39 is 0 Å². The number of ketones is 1. The van der Waals surface area contributed by atoms with Crippen LogP contribution in [0.15, 0.2) is 12.3 Å². The number of Topliss-reactive ketones (excluding diaryl/α,β-unsaturated/α-hetero) is 1. The minimum absolute atomic E-state index is 0.0447. The lowest BCUT2D eigenvalue weighted by Gasteiger charge is -2.09. The van der Waals surface area contributed by atoms with Gasteiger partial charge in [0.05, 0.1) is 13.1 Å². The molecule has 1 amide bonds. The van der Waals surface area contributed by atoms with Gasteiger partial charge in [0.2, 0.25) is 5.91 Å². The van der Waals surface area contributed by atoms with Crippen molar-refractivity contribution in [1.82, 2.24) is 10.6 Å². The van der Waals surface area contributed by atoms with Crippen molar-refractivity contribution >= 4 is 11.7 Å². The lowest BCUT2D eigenvalue weighted by Crippen LogP contribution is -2.35. The number of unbranched alkanes of at least 4 members (excludes halogenated alkanes) is 3. The van der Waals surface area contributed by atoms with Gasteiger partial charge in [0.25, 0.3) is 0 Å². The fraction of sp³-hybridized carbons (Fsp3) is 0.692. The first kappa shape index (κ1) is 15.7. The molecule has 98 valence electrons. The molecule has 0 aromatic heterocycles. The van der Waals surface area contributed by atoms with Crippen LogP contribution in [0.3, 0.4) is 0 Å². The van der Waals surface area contributed by atoms with Crippen molar-refractivity contribution in [2.24, 2.45) is 0 Å². The predicted molar refractivity (Wildman–Crippen MR) is 69.6 cm³/mol. The molecular formula is C13H24N2O2. The summed E-state index contributed by atoms with van der Waals surface area (Å²) in [5.74, 6) is -0.216. The molecule has 17 heavy (non-hydrogen) atoms. The van der Waals surface area contributed by atoms with E-state index in [1.165, 1.54) is 26.2 Å². The van der Waals surface area contributed by atoms with Crippen LogP contribution in [-0.2, 0) is 9.59 Å². The molecule has 0 rings (SSSR count). The number of carbonyl (C=O) groups excluding carboxylic acids is 2. The van der Waals surface area contributed by atoms with Crippen LogP contribution in [0.25, 0.3) is 0 Å². The summed E-state index contributed by atoms with van der Waals surface area (Å²) >= 11 is 0. The van der Waals surface area contributed by atoms with Gasteiger partial charge in [-0.3, -0.25) is 9.59 Å². The molecule has 0 atom stereocenters. The van der Waals surface area contributed by atoms with Gasteiger partial charge >= 0.3 is 0 Å². The Morgan fingerprint density at radius 2 is 1.76 bits per heavy atom. The molecule has 4 heteroatoms. The molecule has 2 N–H and O–H groups in total. The minimum Gasteiger partial charge on any atom is -0.380 e. The summed E-state index contributed by atoms with van der Waals surface area (Å²) in [6.45, 7) is 7.77. The molecule has 0 fully saturated rings. The number of carbonyl (C=O) groups is 2. The van der Waals surface area contributed by atoms with Crippen molar-refractivity contribution in [3.63, 3.8) is 0 Å². The molecule has 0 aromatic rings. The van der Waals surface area contributed by atoms with E-state index in [4.69, 9.17) is 0 Å². The molecule has 0 saturated carbocycles. The highest BCUT2D eigenvalue weighted by molar-refractivity contribution is 5.85. The number of nitrogens with one attached hydrogen (secondary N) is 2. The van der Waals surface area contributed by atoms with Gasteiger partial charge in [-0.1, -0.05) is 32.8 Å². The van der Waals surface area contributed by atoms with Crippen LogP contribution in [0, 0.1) is 0 Å². The highest BCUT2D eigenvalue weighted by Crippen LogP contribution is 2.05. The van der Waals surface area contributed by atoms with Crippen LogP contribution in [-0.4, -0.2) is 24.8 Å². The normalized spacial score (nSPS) is 9.76. The topological polar surface area (TPSA) is 58.2 Å². The van der Waals surface area contributed by atoms with E-state index in [0.29, 0.717) is 0 Å². The Hall–Kier alpha value is -1.32. The SMILES string of the molecule is C=C(CCCCCC)NCC(=O)NCC(C)=O. The largest absolute Gasteiger partial charge is 0.380 e. The van der Waals surface area contributed by atoms with Crippen molar-refractivity contribution in [2.45, 2.75) is 46.0 Å². The second-order valence-electron chi connectivity index (χ2n) is 4.25. The molecule has 4 nitrogen and oxygen atoms in total. The maximum Gasteiger partial charge on any atom is 0.239 e. The van der Waals surface area contributed by atoms with Crippen molar-refractivity contribution < 1.29 is 9.59 Å². The summed E-state index contributed by atoms with van der Waals surface area (Å²) < 4.78 is 0. The van der Waals surface area contributed by atoms with E-state index in [9.17, 15) is 9.59 Å². The van der Waals surface area contributed by atoms with Crippen LogP contribution in [0.1, 0.15) is 46.0 Å². The van der Waals surface area contributed by atoms with Crippen molar-refractivity contribution in [2.75, 3.05) is 13.1 Å². The van der Waals surface area contributed by atoms with E-state index in [-0.39, 0.29) is 24.8 Å². The molecule has 0 radical (unpaired) electrons. The van der Waals surface area contributed by atoms with Crippen LogP contribution < -0.4 is 10.6 Å². The minimum atomic E-state index is -0.171. The van der Waals surface area contributed by atoms with Crippen molar-refractivity contribution in [1.29, 1.82) is 0 Å². The van der Waals surface area contributed by atoms with E-state index in [1.54, 1.807) is 0 Å². The summed E-state index contributed by atoms with van der Waals surface area (Å²) in [7, 11) is 0. The lowest BCUT2D eigenvalue weighted by molar-refractivity contribution is -0.123. The maximum atomic E-state index is 11.3. The second kappa shape index (κ2) is 9.87. The molecule has 0 heterocycles. The monoisotopic (exact) mass is 240 g/mol. The third kappa shape index (κ3) is 11.0. The van der Waals surface area contributed by atoms with Crippen LogP contribution in [0.5, 0.6) is 0 Å². The smallest absolute Gasteiger partial charge is 0.239 e. The molecule has 0 bridgehead atoms. The zero-order valence-electron chi connectivity index (χ0n) is 11.0. The van der Waals surface area contributed by atoms with E-state index in [1.807, 2.05) is 0 Å². The van der Waals surface area contributed by atoms with Gasteiger partial charge in [-0.2, -0.15) is 0 Å². The molecule has 0 aliphatic heterocycles. The maximum absolute atomic E-state index is 11.3. The van der Waals surface area contributed by atoms with Gasteiger partial charge in [0.15, 0.2) is 0 Å². The summed E-state index contributed by atoms with van der Waals surface area (Å²) in [5.41, 5.74) is 0.888. The Labute approximate surface area is 104 Å². The Morgan fingerprint density at radius 3 is 2.35 bits per heavy atom. The van der Waals surface area contributed by atoms with Crippen molar-refractivity contribution in [3.8, 4) is 0 Å². The van der Waals surface area contributed by atoms with E-state index in [2.05, 4.69) is 24.1 Å². The Kier molecular flexibility index (Phi) is 9.11. The fourth-order valence-corrected chi connectivity index (χ4v) is 1.34. The van der Waals surface area contributed by atoms with E-state index >= 15 is 0 Å². The van der Waals surface area contributed by atoms with Gasteiger partial charge < -0.3 is 10.6 Å². The van der Waals surface area contributed by atoms with Gasteiger partial charge in [-0.15, -0.1) is 0 Å². The fourth-order valence-electron chi connectivity index (χ4n) is 1.34. The summed E-state index contributed by atoms with van der Waals surface area (Å²) in [6.07, 6.45) is 5.67. The highest BCUT2D eigenvalue weighted by atomic mass is 16.2. The summed E-state index contributed by atoms with van der Waals surface area (Å²) in [4.78, 5) is 21.9. The first-order chi connectivity index (χ1) is 8.06. The zero-order chi connectivity index (χ0) is 13.1. The molecule has 0 aromatic carbocycles. The van der Waals surface area contributed by atoms with Gasteiger partial charge in [-0.05, 0) is 19.8 Å². The Bertz CT molecular complexity index is 262. The highest BCUT2D eigenvalue weighted by Gasteiger charge is 2.02. The van der Waals surface area contributed by atoms with Gasteiger partial charge in [0.1, 0.15) is 5.78 Å². The van der Waals surface area contributed by atoms with Crippen molar-refractivity contribution in [3.05, 3.63) is 12.3 Å². The number of amides is 1. The molecular weight excluding hydrogens is 216 g/mol.